The molecule has 2 fully saturated rings. The van der Waals surface area contributed by atoms with Crippen molar-refractivity contribution in [3.8, 4) is 5.75 Å². The number of phenolic OH excluding ortho intramolecular Hbond substituents is 1. The van der Waals surface area contributed by atoms with Crippen LogP contribution >= 0.6 is 23.5 Å². The number of thioether (sulfide) groups is 2. The average Bonchev–Trinajstić information content (AvgIpc) is 1.56. The molecule has 10 amide bonds. The third-order valence-electron chi connectivity index (χ3n) is 17.0. The molecule has 0 spiro atoms. The number of amides is 10. The van der Waals surface area contributed by atoms with Gasteiger partial charge in [0, 0.05) is 96.0 Å². The molecule has 500 valence electrons. The lowest BCUT2D eigenvalue weighted by atomic mass is 10.0. The number of unbranched alkanes of at least 4 members (excludes halogenated alkanes) is 1. The van der Waals surface area contributed by atoms with E-state index in [4.69, 9.17) is 11.5 Å². The highest BCUT2D eigenvalue weighted by atomic mass is 32.2. The molecule has 0 saturated carbocycles. The van der Waals surface area contributed by atoms with Crippen LogP contribution in [-0.2, 0) is 78.7 Å². The van der Waals surface area contributed by atoms with Gasteiger partial charge in [-0.05, 0) is 135 Å². The van der Waals surface area contributed by atoms with Crippen molar-refractivity contribution in [2.45, 2.75) is 137 Å². The van der Waals surface area contributed by atoms with E-state index in [0.717, 1.165) is 11.1 Å². The van der Waals surface area contributed by atoms with E-state index in [1.807, 2.05) is 24.3 Å². The van der Waals surface area contributed by atoms with Crippen LogP contribution < -0.4 is 48.7 Å². The minimum Gasteiger partial charge on any atom is -0.508 e. The molecule has 3 aliphatic heterocycles. The highest BCUT2D eigenvalue weighted by Crippen LogP contribution is 2.27. The van der Waals surface area contributed by atoms with Crippen molar-refractivity contribution in [1.29, 1.82) is 0 Å². The molecule has 2 saturated heterocycles. The van der Waals surface area contributed by atoms with Crippen LogP contribution in [0.3, 0.4) is 0 Å². The number of rotatable bonds is 11. The summed E-state index contributed by atoms with van der Waals surface area (Å²) in [6.45, 7) is 1.20. The van der Waals surface area contributed by atoms with Crippen LogP contribution in [0.1, 0.15) is 86.1 Å². The van der Waals surface area contributed by atoms with Gasteiger partial charge in [-0.1, -0.05) is 36.4 Å². The van der Waals surface area contributed by atoms with E-state index < -0.39 is 126 Å². The first-order chi connectivity index (χ1) is 45.2. The SMILES string of the molecule is C[C@@H]1NC(=O)[C@@H]2CCCN2C(=O)[C@H](Cc2c[nH]c3ccc(F)cc23)NC(=O)[C@H](Cc2c[nH]c3ccc(F)cc23)NC(=O)CNC(=O)[C@H](CCCCN)NC(=O)CCSCc2cccc(c2)CSC[C@@H](C(N)=O)NC(=O)[C@@H]2CCCN2C(=O)[C@H](Cc2ccc(O)cc2)NC1=O. The number of hydrogen-bond acceptors (Lipinski definition) is 14. The Morgan fingerprint density at radius 3 is 1.78 bits per heavy atom. The van der Waals surface area contributed by atoms with Crippen LogP contribution in [0.15, 0.2) is 97.3 Å². The van der Waals surface area contributed by atoms with Crippen LogP contribution in [0.5, 0.6) is 5.75 Å². The van der Waals surface area contributed by atoms with Crippen molar-refractivity contribution >= 4 is 104 Å². The Morgan fingerprint density at radius 2 is 1.17 bits per heavy atom. The average molecular weight is 1330 g/mol. The fraction of sp³-hybridized carbons (Fsp3) is 0.424. The number of halogens is 2. The largest absolute Gasteiger partial charge is 0.508 e. The summed E-state index contributed by atoms with van der Waals surface area (Å²) >= 11 is 2.85. The van der Waals surface area contributed by atoms with Gasteiger partial charge < -0.3 is 73.6 Å². The Kier molecular flexibility index (Phi) is 24.1. The monoisotopic (exact) mass is 1330 g/mol. The van der Waals surface area contributed by atoms with Crippen LogP contribution in [0, 0.1) is 11.6 Å². The fourth-order valence-electron chi connectivity index (χ4n) is 12.0. The predicted molar refractivity (Wildman–Crippen MR) is 351 cm³/mol. The molecule has 4 aromatic carbocycles. The molecule has 2 bridgehead atoms. The molecule has 94 heavy (non-hydrogen) atoms. The second kappa shape index (κ2) is 32.7. The van der Waals surface area contributed by atoms with Gasteiger partial charge in [-0.15, -0.1) is 0 Å². The predicted octanol–water partition coefficient (Wildman–Crippen LogP) is 2.87. The molecule has 24 nitrogen and oxygen atoms in total. The van der Waals surface area contributed by atoms with Crippen molar-refractivity contribution in [3.05, 3.63) is 137 Å². The molecule has 0 radical (unpaired) electrons. The van der Waals surface area contributed by atoms with Gasteiger partial charge in [0.2, 0.25) is 59.1 Å². The van der Waals surface area contributed by atoms with E-state index >= 15 is 9.59 Å². The summed E-state index contributed by atoms with van der Waals surface area (Å²) in [5.41, 5.74) is 15.9. The van der Waals surface area contributed by atoms with Crippen LogP contribution in [0.4, 0.5) is 8.78 Å². The molecule has 5 heterocycles. The number of aromatic nitrogens is 2. The van der Waals surface area contributed by atoms with Gasteiger partial charge in [0.05, 0.1) is 6.54 Å². The molecular formula is C66H79F2N13O11S2. The normalized spacial score (nSPS) is 23.5. The second-order valence-electron chi connectivity index (χ2n) is 23.9. The highest BCUT2D eigenvalue weighted by Gasteiger charge is 2.42. The van der Waals surface area contributed by atoms with Gasteiger partial charge in [-0.3, -0.25) is 47.9 Å². The summed E-state index contributed by atoms with van der Waals surface area (Å²) in [4.78, 5) is 151. The molecule has 3 aliphatic rings. The third kappa shape index (κ3) is 18.4. The topological polar surface area (TPSA) is 365 Å². The van der Waals surface area contributed by atoms with E-state index in [-0.39, 0.29) is 69.5 Å². The summed E-state index contributed by atoms with van der Waals surface area (Å²) < 4.78 is 29.7. The van der Waals surface area contributed by atoms with Gasteiger partial charge in [0.15, 0.2) is 0 Å². The summed E-state index contributed by atoms with van der Waals surface area (Å²) in [6, 6.07) is 11.6. The molecule has 9 rings (SSSR count). The second-order valence-corrected chi connectivity index (χ2v) is 26.0. The Morgan fingerprint density at radius 1 is 0.606 bits per heavy atom. The Labute approximate surface area is 549 Å². The molecule has 14 N–H and O–H groups in total. The van der Waals surface area contributed by atoms with Gasteiger partial charge in [-0.2, -0.15) is 23.5 Å². The molecule has 6 aromatic rings. The number of aromatic amines is 2. The highest BCUT2D eigenvalue weighted by molar-refractivity contribution is 7.98. The number of benzene rings is 4. The number of nitrogens with two attached hydrogens (primary N) is 2. The standard InChI is InChI=1S/C66H79F2N13O11S2/c1-37-60(86)77-52(26-38-12-16-45(82)17-13-38)65(91)81-23-6-11-56(81)64(90)79-54(59(70)85)36-94-35-40-8-4-7-39(25-40)34-93-24-20-57(83)75-50(9-2-3-21-69)61(87)73-33-58(84)76-51(27-41-31-71-48-18-14-43(67)29-46(41)48)62(88)78-53(66(92)80-22-5-10-55(80)63(89)74-37)28-42-32-72-49-19-15-44(68)30-47(42)49/h4,7-8,12-19,25,29-32,37,50-56,71-72,82H,2-3,5-6,9-11,20-24,26-28,33-36,69H2,1H3,(H2,70,85)(H,73,87)(H,74,89)(H,75,83)(H,76,84)(H,77,86)(H,78,88)(H,79,90)/t37-,50-,51-,52-,53-,54-,55-,56-/m0/s1. The maximum absolute atomic E-state index is 15.2. The van der Waals surface area contributed by atoms with Gasteiger partial charge >= 0.3 is 0 Å². The molecule has 28 heteroatoms. The summed E-state index contributed by atoms with van der Waals surface area (Å²) in [5, 5.41) is 30.0. The van der Waals surface area contributed by atoms with E-state index in [1.165, 1.54) is 88.8 Å². The van der Waals surface area contributed by atoms with Gasteiger partial charge in [0.1, 0.15) is 65.7 Å². The van der Waals surface area contributed by atoms with Crippen molar-refractivity contribution in [2.75, 3.05) is 37.7 Å². The Balaban J connectivity index is 1.01. The van der Waals surface area contributed by atoms with E-state index in [9.17, 15) is 52.2 Å². The minimum absolute atomic E-state index is 0.0148. The van der Waals surface area contributed by atoms with Gasteiger partial charge in [0.25, 0.3) is 0 Å². The maximum atomic E-state index is 15.2. The number of hydrogen-bond donors (Lipinski definition) is 12. The Bertz CT molecular complexity index is 3760. The lowest BCUT2D eigenvalue weighted by Crippen LogP contribution is -2.60. The summed E-state index contributed by atoms with van der Waals surface area (Å²) in [7, 11) is 0. The number of carbonyl (C=O) groups excluding carboxylic acids is 10. The van der Waals surface area contributed by atoms with Crippen LogP contribution in [0.2, 0.25) is 0 Å². The number of nitrogens with zero attached hydrogens (tertiary/aromatic N) is 2. The van der Waals surface area contributed by atoms with E-state index in [1.54, 1.807) is 24.5 Å². The number of fused-ring (bicyclic) bond motifs is 6. The molecular weight excluding hydrogens is 1250 g/mol. The van der Waals surface area contributed by atoms with E-state index in [0.29, 0.717) is 88.0 Å². The number of primary amides is 1. The number of carbonyl (C=O) groups is 10. The zero-order valence-corrected chi connectivity index (χ0v) is 53.6. The van der Waals surface area contributed by atoms with Crippen LogP contribution in [0.25, 0.3) is 21.8 Å². The quantitative estimate of drug-likeness (QED) is 0.0831. The number of H-pyrrole nitrogens is 2. The van der Waals surface area contributed by atoms with Crippen molar-refractivity contribution < 1.29 is 61.8 Å². The van der Waals surface area contributed by atoms with E-state index in [2.05, 4.69) is 47.2 Å². The summed E-state index contributed by atoms with van der Waals surface area (Å²) in [6.07, 6.45) is 4.78. The van der Waals surface area contributed by atoms with Crippen molar-refractivity contribution in [2.24, 2.45) is 11.5 Å². The third-order valence-corrected chi connectivity index (χ3v) is 19.1. The smallest absolute Gasteiger partial charge is 0.246 e. The van der Waals surface area contributed by atoms with Gasteiger partial charge in [-0.25, -0.2) is 8.78 Å². The number of aromatic hydroxyl groups is 1. The van der Waals surface area contributed by atoms with Crippen LogP contribution in [-0.4, -0.2) is 170 Å². The first-order valence-corrected chi connectivity index (χ1v) is 33.7. The maximum Gasteiger partial charge on any atom is 0.246 e. The lowest BCUT2D eigenvalue weighted by molar-refractivity contribution is -0.143. The zero-order valence-electron chi connectivity index (χ0n) is 51.9. The first-order valence-electron chi connectivity index (χ1n) is 31.4. The summed E-state index contributed by atoms with van der Waals surface area (Å²) in [5.74, 6) is -6.92. The molecule has 0 aliphatic carbocycles. The number of nitrogens with one attached hydrogen (secondary N) is 9. The fourth-order valence-corrected chi connectivity index (χ4v) is 13.9. The number of phenols is 1. The zero-order chi connectivity index (χ0) is 67.0. The van der Waals surface area contributed by atoms with Crippen molar-refractivity contribution in [1.82, 2.24) is 57.0 Å². The molecule has 2 aromatic heterocycles. The minimum atomic E-state index is -1.51. The molecule has 0 unspecified atom stereocenters. The lowest BCUT2D eigenvalue weighted by Gasteiger charge is -2.31. The molecule has 8 atom stereocenters. The van der Waals surface area contributed by atoms with Crippen molar-refractivity contribution in [3.63, 3.8) is 0 Å². The Hall–Kier alpha value is -9.02. The first kappa shape index (κ1) is 69.3.